The van der Waals surface area contributed by atoms with Gasteiger partial charge >= 0.3 is 0 Å². The molecule has 1 heterocycles. The molecule has 0 saturated carbocycles. The smallest absolute Gasteiger partial charge is 0.270 e. The van der Waals surface area contributed by atoms with Crippen molar-refractivity contribution in [3.8, 4) is 5.75 Å². The van der Waals surface area contributed by atoms with Gasteiger partial charge in [-0.3, -0.25) is 10.1 Å². The second-order valence-corrected chi connectivity index (χ2v) is 3.49. The van der Waals surface area contributed by atoms with Crippen LogP contribution >= 0.6 is 11.6 Å². The maximum atomic E-state index is 10.6. The highest BCUT2D eigenvalue weighted by molar-refractivity contribution is 6.30. The fourth-order valence-corrected chi connectivity index (χ4v) is 1.62. The molecule has 0 fully saturated rings. The molecule has 0 aliphatic rings. The number of hydrogen-bond acceptors (Lipinski definition) is 4. The highest BCUT2D eigenvalue weighted by atomic mass is 35.5. The van der Waals surface area contributed by atoms with Crippen LogP contribution in [-0.4, -0.2) is 17.0 Å². The van der Waals surface area contributed by atoms with E-state index in [9.17, 15) is 10.1 Å². The average Bonchev–Trinajstić information content (AvgIpc) is 2.27. The standard InChI is InChI=1S/C10H7ClN2O3/c1-16-9-5-10(11)12-8-3-2-6(13(14)15)4-7(8)9/h2-5H,1H3. The molecule has 0 aliphatic heterocycles. The fraction of sp³-hybridized carbons (Fsp3) is 0.100. The number of benzene rings is 1. The number of fused-ring (bicyclic) bond motifs is 1. The van der Waals surface area contributed by atoms with Crippen molar-refractivity contribution < 1.29 is 9.66 Å². The minimum Gasteiger partial charge on any atom is -0.496 e. The molecule has 0 aliphatic carbocycles. The fourth-order valence-electron chi connectivity index (χ4n) is 1.43. The number of halogens is 1. The Bertz CT molecular complexity index is 571. The summed E-state index contributed by atoms with van der Waals surface area (Å²) in [5, 5.41) is 11.5. The van der Waals surface area contributed by atoms with Crippen LogP contribution in [0.15, 0.2) is 24.3 Å². The molecular formula is C10H7ClN2O3. The molecule has 0 amide bonds. The number of methoxy groups -OCH3 is 1. The Morgan fingerprint density at radius 3 is 2.81 bits per heavy atom. The van der Waals surface area contributed by atoms with Crippen molar-refractivity contribution >= 4 is 28.2 Å². The van der Waals surface area contributed by atoms with Gasteiger partial charge in [-0.25, -0.2) is 4.98 Å². The van der Waals surface area contributed by atoms with Crippen molar-refractivity contribution in [2.75, 3.05) is 7.11 Å². The third kappa shape index (κ3) is 1.77. The van der Waals surface area contributed by atoms with Crippen LogP contribution in [0.2, 0.25) is 5.15 Å². The maximum absolute atomic E-state index is 10.6. The Labute approximate surface area is 95.8 Å². The summed E-state index contributed by atoms with van der Waals surface area (Å²) in [7, 11) is 1.48. The van der Waals surface area contributed by atoms with Gasteiger partial charge in [0.25, 0.3) is 5.69 Å². The molecule has 0 saturated heterocycles. The number of hydrogen-bond donors (Lipinski definition) is 0. The van der Waals surface area contributed by atoms with Crippen molar-refractivity contribution in [1.29, 1.82) is 0 Å². The van der Waals surface area contributed by atoms with E-state index < -0.39 is 4.92 Å². The van der Waals surface area contributed by atoms with E-state index in [-0.39, 0.29) is 5.69 Å². The van der Waals surface area contributed by atoms with Crippen molar-refractivity contribution in [3.63, 3.8) is 0 Å². The topological polar surface area (TPSA) is 65.3 Å². The van der Waals surface area contributed by atoms with Gasteiger partial charge in [-0.2, -0.15) is 0 Å². The van der Waals surface area contributed by atoms with E-state index in [0.717, 1.165) is 0 Å². The molecule has 5 nitrogen and oxygen atoms in total. The van der Waals surface area contributed by atoms with E-state index in [1.165, 1.54) is 25.3 Å². The zero-order chi connectivity index (χ0) is 11.7. The first-order valence-corrected chi connectivity index (χ1v) is 4.78. The lowest BCUT2D eigenvalue weighted by molar-refractivity contribution is -0.384. The van der Waals surface area contributed by atoms with E-state index in [2.05, 4.69) is 4.98 Å². The van der Waals surface area contributed by atoms with Gasteiger partial charge in [-0.05, 0) is 6.07 Å². The third-order valence-corrected chi connectivity index (χ3v) is 2.35. The number of aromatic nitrogens is 1. The van der Waals surface area contributed by atoms with E-state index in [1.54, 1.807) is 6.07 Å². The first-order valence-electron chi connectivity index (χ1n) is 4.40. The average molecular weight is 239 g/mol. The van der Waals surface area contributed by atoms with E-state index in [4.69, 9.17) is 16.3 Å². The van der Waals surface area contributed by atoms with Crippen LogP contribution in [-0.2, 0) is 0 Å². The Morgan fingerprint density at radius 1 is 1.44 bits per heavy atom. The maximum Gasteiger partial charge on any atom is 0.270 e. The molecule has 82 valence electrons. The van der Waals surface area contributed by atoms with Gasteiger partial charge in [0.15, 0.2) is 0 Å². The molecule has 2 rings (SSSR count). The quantitative estimate of drug-likeness (QED) is 0.458. The summed E-state index contributed by atoms with van der Waals surface area (Å²) >= 11 is 5.78. The number of nitrogens with zero attached hydrogens (tertiary/aromatic N) is 2. The van der Waals surface area contributed by atoms with Gasteiger partial charge < -0.3 is 4.74 Å². The van der Waals surface area contributed by atoms with Crippen molar-refractivity contribution in [2.45, 2.75) is 0 Å². The highest BCUT2D eigenvalue weighted by Gasteiger charge is 2.11. The number of nitro groups is 1. The minimum atomic E-state index is -0.465. The van der Waals surface area contributed by atoms with Crippen LogP contribution in [0.3, 0.4) is 0 Å². The molecule has 0 N–H and O–H groups in total. The van der Waals surface area contributed by atoms with Gasteiger partial charge in [0.1, 0.15) is 10.9 Å². The number of non-ortho nitro benzene ring substituents is 1. The van der Waals surface area contributed by atoms with Crippen LogP contribution < -0.4 is 4.74 Å². The van der Waals surface area contributed by atoms with Crippen LogP contribution in [0.25, 0.3) is 10.9 Å². The summed E-state index contributed by atoms with van der Waals surface area (Å²) in [4.78, 5) is 14.2. The normalized spacial score (nSPS) is 10.4. The number of pyridine rings is 1. The lowest BCUT2D eigenvalue weighted by atomic mass is 10.2. The van der Waals surface area contributed by atoms with Gasteiger partial charge in [0.05, 0.1) is 17.5 Å². The Hall–Kier alpha value is -1.88. The number of ether oxygens (including phenoxy) is 1. The first-order chi connectivity index (χ1) is 7.61. The van der Waals surface area contributed by atoms with Crippen molar-refractivity contribution in [1.82, 2.24) is 4.98 Å². The Balaban J connectivity index is 2.75. The summed E-state index contributed by atoms with van der Waals surface area (Å²) < 4.78 is 5.10. The molecule has 0 spiro atoms. The molecule has 0 radical (unpaired) electrons. The predicted octanol–water partition coefficient (Wildman–Crippen LogP) is 2.81. The molecule has 6 heteroatoms. The Morgan fingerprint density at radius 2 is 2.19 bits per heavy atom. The summed E-state index contributed by atoms with van der Waals surface area (Å²) in [6.07, 6.45) is 0. The van der Waals surface area contributed by atoms with Gasteiger partial charge in [-0.15, -0.1) is 0 Å². The van der Waals surface area contributed by atoms with E-state index in [0.29, 0.717) is 21.8 Å². The molecular weight excluding hydrogens is 232 g/mol. The number of rotatable bonds is 2. The van der Waals surface area contributed by atoms with Crippen molar-refractivity contribution in [2.24, 2.45) is 0 Å². The van der Waals surface area contributed by atoms with Crippen LogP contribution in [0, 0.1) is 10.1 Å². The molecule has 2 aromatic rings. The zero-order valence-electron chi connectivity index (χ0n) is 8.31. The molecule has 16 heavy (non-hydrogen) atoms. The van der Waals surface area contributed by atoms with Crippen LogP contribution in [0.1, 0.15) is 0 Å². The minimum absolute atomic E-state index is 0.00470. The Kier molecular flexibility index (Phi) is 2.62. The summed E-state index contributed by atoms with van der Waals surface area (Å²) in [5.41, 5.74) is 0.560. The lowest BCUT2D eigenvalue weighted by Crippen LogP contribution is -1.91. The molecule has 0 unspecified atom stereocenters. The molecule has 1 aromatic heterocycles. The second kappa shape index (κ2) is 3.94. The van der Waals surface area contributed by atoms with E-state index in [1.807, 2.05) is 0 Å². The molecule has 0 atom stereocenters. The summed E-state index contributed by atoms with van der Waals surface area (Å²) in [6.45, 7) is 0. The SMILES string of the molecule is COc1cc(Cl)nc2ccc([N+](=O)[O-])cc12. The van der Waals surface area contributed by atoms with Crippen LogP contribution in [0.4, 0.5) is 5.69 Å². The van der Waals surface area contributed by atoms with Gasteiger partial charge in [-0.1, -0.05) is 11.6 Å². The van der Waals surface area contributed by atoms with Crippen molar-refractivity contribution in [3.05, 3.63) is 39.5 Å². The molecule has 1 aromatic carbocycles. The van der Waals surface area contributed by atoms with Gasteiger partial charge in [0, 0.05) is 23.6 Å². The second-order valence-electron chi connectivity index (χ2n) is 3.11. The van der Waals surface area contributed by atoms with Gasteiger partial charge in [0.2, 0.25) is 0 Å². The number of nitro benzene ring substituents is 1. The van der Waals surface area contributed by atoms with Crippen LogP contribution in [0.5, 0.6) is 5.75 Å². The monoisotopic (exact) mass is 238 g/mol. The molecule has 0 bridgehead atoms. The van der Waals surface area contributed by atoms with E-state index >= 15 is 0 Å². The highest BCUT2D eigenvalue weighted by Crippen LogP contribution is 2.29. The summed E-state index contributed by atoms with van der Waals surface area (Å²) in [5.74, 6) is 0.471. The largest absolute Gasteiger partial charge is 0.496 e. The summed E-state index contributed by atoms with van der Waals surface area (Å²) in [6, 6.07) is 5.86. The first kappa shape index (κ1) is 10.6. The predicted molar refractivity (Wildman–Crippen MR) is 60.0 cm³/mol. The zero-order valence-corrected chi connectivity index (χ0v) is 9.06. The lowest BCUT2D eigenvalue weighted by Gasteiger charge is -2.05. The third-order valence-electron chi connectivity index (χ3n) is 2.15.